The van der Waals surface area contributed by atoms with Crippen LogP contribution < -0.4 is 0 Å². The Kier molecular flexibility index (Phi) is 3.98. The van der Waals surface area contributed by atoms with Crippen LogP contribution in [0.2, 0.25) is 0 Å². The van der Waals surface area contributed by atoms with Crippen molar-refractivity contribution in [1.29, 1.82) is 0 Å². The molecule has 0 bridgehead atoms. The van der Waals surface area contributed by atoms with Gasteiger partial charge in [-0.1, -0.05) is 11.6 Å². The van der Waals surface area contributed by atoms with Gasteiger partial charge in [-0.15, -0.1) is 0 Å². The van der Waals surface area contributed by atoms with Crippen molar-refractivity contribution in [3.63, 3.8) is 0 Å². The number of rotatable bonds is 3. The molecule has 0 N–H and O–H groups in total. The van der Waals surface area contributed by atoms with Crippen LogP contribution in [-0.4, -0.2) is 43.2 Å². The maximum atomic E-state index is 11.8. The predicted octanol–water partition coefficient (Wildman–Crippen LogP) is 1.99. The Bertz CT molecular complexity index is 278. The highest BCUT2D eigenvalue weighted by molar-refractivity contribution is 6.20. The Balaban J connectivity index is 2.39. The van der Waals surface area contributed by atoms with Crippen molar-refractivity contribution in [2.45, 2.75) is 11.8 Å². The largest absolute Gasteiger partial charge is 0.411 e. The van der Waals surface area contributed by atoms with Crippen molar-refractivity contribution in [3.8, 4) is 0 Å². The zero-order valence-electron chi connectivity index (χ0n) is 7.96. The van der Waals surface area contributed by atoms with E-state index >= 15 is 0 Å². The summed E-state index contributed by atoms with van der Waals surface area (Å²) in [6.07, 6.45) is -1.29. The summed E-state index contributed by atoms with van der Waals surface area (Å²) in [5.41, 5.74) is -0.0197. The summed E-state index contributed by atoms with van der Waals surface area (Å²) >= 11 is 5.74. The first-order valence-electron chi connectivity index (χ1n) is 4.14. The maximum absolute atomic E-state index is 11.8. The molecular formula is C8H10ClF3N2O. The molecule has 1 aliphatic rings. The third-order valence-electron chi connectivity index (χ3n) is 1.76. The van der Waals surface area contributed by atoms with Crippen LogP contribution in [0, 0.1) is 0 Å². The van der Waals surface area contributed by atoms with E-state index in [1.807, 2.05) is 0 Å². The molecule has 7 heteroatoms. The fourth-order valence-corrected chi connectivity index (χ4v) is 1.17. The minimum atomic E-state index is -4.30. The molecule has 0 saturated heterocycles. The van der Waals surface area contributed by atoms with Crippen LogP contribution in [0.3, 0.4) is 0 Å². The topological polar surface area (TPSA) is 24.8 Å². The summed E-state index contributed by atoms with van der Waals surface area (Å²) in [6, 6.07) is 0. The van der Waals surface area contributed by atoms with E-state index in [4.69, 9.17) is 11.6 Å². The van der Waals surface area contributed by atoms with Gasteiger partial charge in [-0.2, -0.15) is 13.2 Å². The monoisotopic (exact) mass is 242 g/mol. The molecule has 0 aromatic carbocycles. The highest BCUT2D eigenvalue weighted by atomic mass is 35.5. The second kappa shape index (κ2) is 4.85. The van der Waals surface area contributed by atoms with E-state index in [1.165, 1.54) is 11.1 Å². The highest BCUT2D eigenvalue weighted by Gasteiger charge is 2.28. The lowest BCUT2D eigenvalue weighted by atomic mass is 10.3. The van der Waals surface area contributed by atoms with Gasteiger partial charge in [-0.05, 0) is 6.08 Å². The van der Waals surface area contributed by atoms with E-state index in [1.54, 1.807) is 13.1 Å². The molecular weight excluding hydrogens is 233 g/mol. The first-order valence-corrected chi connectivity index (χ1v) is 4.57. The number of aliphatic imine (C=N–C) groups is 1. The van der Waals surface area contributed by atoms with Crippen LogP contribution in [-0.2, 0) is 4.74 Å². The molecule has 1 heterocycles. The molecule has 0 fully saturated rings. The van der Waals surface area contributed by atoms with E-state index < -0.39 is 18.4 Å². The molecule has 1 atom stereocenters. The van der Waals surface area contributed by atoms with Gasteiger partial charge in [0.2, 0.25) is 0 Å². The Morgan fingerprint density at radius 2 is 2.27 bits per heavy atom. The lowest BCUT2D eigenvalue weighted by Crippen LogP contribution is -2.30. The molecule has 1 unspecified atom stereocenters. The van der Waals surface area contributed by atoms with Gasteiger partial charge in [-0.3, -0.25) is 4.99 Å². The van der Waals surface area contributed by atoms with Crippen LogP contribution >= 0.6 is 11.6 Å². The summed E-state index contributed by atoms with van der Waals surface area (Å²) in [5, 5.41) is 0. The van der Waals surface area contributed by atoms with E-state index in [-0.39, 0.29) is 6.61 Å². The first kappa shape index (κ1) is 12.3. The Labute approximate surface area is 90.2 Å². The van der Waals surface area contributed by atoms with Crippen LogP contribution in [0.1, 0.15) is 0 Å². The molecule has 0 aromatic heterocycles. The maximum Gasteiger partial charge on any atom is 0.411 e. The molecule has 0 saturated carbocycles. The fourth-order valence-electron chi connectivity index (χ4n) is 0.976. The molecule has 1 aliphatic heterocycles. The molecule has 15 heavy (non-hydrogen) atoms. The van der Waals surface area contributed by atoms with E-state index in [2.05, 4.69) is 9.73 Å². The molecule has 0 spiro atoms. The van der Waals surface area contributed by atoms with Crippen LogP contribution in [0.4, 0.5) is 13.2 Å². The van der Waals surface area contributed by atoms with Crippen LogP contribution in [0.5, 0.6) is 0 Å². The molecule has 3 nitrogen and oxygen atoms in total. The fraction of sp³-hybridized carbons (Fsp3) is 0.625. The first-order chi connectivity index (χ1) is 6.90. The molecule has 86 valence electrons. The SMILES string of the molecule is CN1C(COCC(F)(F)F)=CC=NC1Cl. The van der Waals surface area contributed by atoms with Gasteiger partial charge in [-0.25, -0.2) is 0 Å². The zero-order valence-corrected chi connectivity index (χ0v) is 8.72. The standard InChI is InChI=1S/C8H10ClF3N2O/c1-14-6(2-3-13-7(14)9)4-15-5-8(10,11)12/h2-3,7H,4-5H2,1H3. The van der Waals surface area contributed by atoms with Crippen molar-refractivity contribution in [1.82, 2.24) is 4.90 Å². The number of ether oxygens (including phenoxy) is 1. The smallest absolute Gasteiger partial charge is 0.366 e. The van der Waals surface area contributed by atoms with Gasteiger partial charge in [0, 0.05) is 19.0 Å². The van der Waals surface area contributed by atoms with Gasteiger partial charge in [0.1, 0.15) is 6.61 Å². The number of likely N-dealkylation sites (N-methyl/N-ethyl adjacent to an activating group) is 1. The second-order valence-corrected chi connectivity index (χ2v) is 3.38. The number of hydrogen-bond donors (Lipinski definition) is 0. The van der Waals surface area contributed by atoms with Crippen molar-refractivity contribution >= 4 is 17.8 Å². The van der Waals surface area contributed by atoms with Gasteiger partial charge < -0.3 is 9.64 Å². The zero-order chi connectivity index (χ0) is 11.5. The third kappa shape index (κ3) is 4.09. The Morgan fingerprint density at radius 1 is 1.60 bits per heavy atom. The Morgan fingerprint density at radius 3 is 2.87 bits per heavy atom. The summed E-state index contributed by atoms with van der Waals surface area (Å²) in [4.78, 5) is 5.37. The summed E-state index contributed by atoms with van der Waals surface area (Å²) in [7, 11) is 1.64. The van der Waals surface area contributed by atoms with Crippen molar-refractivity contribution in [2.75, 3.05) is 20.3 Å². The van der Waals surface area contributed by atoms with Crippen LogP contribution in [0.15, 0.2) is 16.8 Å². The molecule has 0 aliphatic carbocycles. The van der Waals surface area contributed by atoms with E-state index in [0.29, 0.717) is 5.70 Å². The lowest BCUT2D eigenvalue weighted by Gasteiger charge is -2.27. The normalized spacial score (nSPS) is 21.8. The quantitative estimate of drug-likeness (QED) is 0.559. The van der Waals surface area contributed by atoms with Gasteiger partial charge in [0.25, 0.3) is 0 Å². The highest BCUT2D eigenvalue weighted by Crippen LogP contribution is 2.18. The molecule has 0 aromatic rings. The number of alkyl halides is 4. The van der Waals surface area contributed by atoms with Crippen molar-refractivity contribution < 1.29 is 17.9 Å². The molecule has 1 rings (SSSR count). The van der Waals surface area contributed by atoms with Crippen molar-refractivity contribution in [2.24, 2.45) is 4.99 Å². The Hall–Kier alpha value is -0.750. The predicted molar refractivity (Wildman–Crippen MR) is 50.9 cm³/mol. The van der Waals surface area contributed by atoms with Gasteiger partial charge in [0.05, 0.1) is 6.61 Å². The lowest BCUT2D eigenvalue weighted by molar-refractivity contribution is -0.172. The van der Waals surface area contributed by atoms with Gasteiger partial charge >= 0.3 is 6.18 Å². The van der Waals surface area contributed by atoms with E-state index in [0.717, 1.165) is 0 Å². The average Bonchev–Trinajstić information content (AvgIpc) is 2.10. The minimum Gasteiger partial charge on any atom is -0.366 e. The number of hydrogen-bond acceptors (Lipinski definition) is 3. The number of allylic oxidation sites excluding steroid dienone is 1. The summed E-state index contributed by atoms with van der Waals surface area (Å²) < 4.78 is 39.8. The van der Waals surface area contributed by atoms with Crippen molar-refractivity contribution in [3.05, 3.63) is 11.8 Å². The van der Waals surface area contributed by atoms with Crippen LogP contribution in [0.25, 0.3) is 0 Å². The number of halogens is 4. The van der Waals surface area contributed by atoms with E-state index in [9.17, 15) is 13.2 Å². The summed E-state index contributed by atoms with van der Waals surface area (Å²) in [5.74, 6) is 0. The van der Waals surface area contributed by atoms with Gasteiger partial charge in [0.15, 0.2) is 5.62 Å². The average molecular weight is 243 g/mol. The molecule has 0 amide bonds. The second-order valence-electron chi connectivity index (χ2n) is 2.99. The molecule has 0 radical (unpaired) electrons. The third-order valence-corrected chi connectivity index (χ3v) is 2.17. The minimum absolute atomic E-state index is 0.134. The number of nitrogens with zero attached hydrogens (tertiary/aromatic N) is 2. The summed E-state index contributed by atoms with van der Waals surface area (Å²) in [6.45, 7) is -1.40.